The Morgan fingerprint density at radius 3 is 2.42 bits per heavy atom. The average Bonchev–Trinajstić information content (AvgIpc) is 3.50. The summed E-state index contributed by atoms with van der Waals surface area (Å²) >= 11 is 0. The summed E-state index contributed by atoms with van der Waals surface area (Å²) < 4.78 is 8.10. The fraction of sp³-hybridized carbons (Fsp3) is 0.462. The summed E-state index contributed by atoms with van der Waals surface area (Å²) in [6.45, 7) is 6.92. The molecule has 11 nitrogen and oxygen atoms in total. The van der Waals surface area contributed by atoms with E-state index in [2.05, 4.69) is 32.1 Å². The van der Waals surface area contributed by atoms with Gasteiger partial charge in [-0.1, -0.05) is 24.8 Å². The number of ether oxygens (including phenoxy) is 1. The number of nitrogens with one attached hydrogen (secondary N) is 2. The molecule has 5 aliphatic rings. The molecule has 4 aromatic rings. The number of carbonyl (C=O) groups excluding carboxylic acids is 2. The van der Waals surface area contributed by atoms with E-state index in [1.807, 2.05) is 53.2 Å². The number of rotatable bonds is 11. The molecule has 1 saturated heterocycles. The first-order valence-electron chi connectivity index (χ1n) is 18.1. The van der Waals surface area contributed by atoms with E-state index in [9.17, 15) is 9.59 Å². The molecule has 9 rings (SSSR count). The highest BCUT2D eigenvalue weighted by Gasteiger charge is 2.51. The van der Waals surface area contributed by atoms with Gasteiger partial charge in [0.15, 0.2) is 11.4 Å². The fourth-order valence-corrected chi connectivity index (χ4v) is 9.77. The molecule has 4 aliphatic carbocycles. The van der Waals surface area contributed by atoms with Crippen molar-refractivity contribution in [2.45, 2.75) is 63.8 Å². The third-order valence-corrected chi connectivity index (χ3v) is 11.5. The van der Waals surface area contributed by atoms with Crippen LogP contribution in [-0.4, -0.2) is 62.6 Å². The number of hydrogen-bond donors (Lipinski definition) is 3. The van der Waals surface area contributed by atoms with Gasteiger partial charge in [-0.2, -0.15) is 5.10 Å². The van der Waals surface area contributed by atoms with Crippen LogP contribution in [0, 0.1) is 23.2 Å². The van der Waals surface area contributed by atoms with Gasteiger partial charge >= 0.3 is 0 Å². The third kappa shape index (κ3) is 6.58. The van der Waals surface area contributed by atoms with Crippen LogP contribution in [0.4, 0.5) is 11.5 Å². The number of hydrogen-bond acceptors (Lipinski definition) is 8. The maximum atomic E-state index is 13.1. The molecule has 11 heteroatoms. The van der Waals surface area contributed by atoms with Crippen LogP contribution in [0.15, 0.2) is 67.5 Å². The van der Waals surface area contributed by atoms with Gasteiger partial charge in [-0.05, 0) is 111 Å². The monoisotopic (exact) mass is 674 g/mol. The Bertz CT molecular complexity index is 1860. The van der Waals surface area contributed by atoms with Crippen molar-refractivity contribution in [2.75, 3.05) is 37.2 Å². The number of anilines is 2. The van der Waals surface area contributed by atoms with Crippen LogP contribution in [0.2, 0.25) is 0 Å². The zero-order chi connectivity index (χ0) is 34.2. The molecule has 4 N–H and O–H groups in total. The van der Waals surface area contributed by atoms with Crippen molar-refractivity contribution in [3.05, 3.63) is 67.5 Å². The molecule has 4 saturated carbocycles. The van der Waals surface area contributed by atoms with Gasteiger partial charge in [0.2, 0.25) is 11.8 Å². The van der Waals surface area contributed by atoms with Gasteiger partial charge in [0.25, 0.3) is 0 Å². The summed E-state index contributed by atoms with van der Waals surface area (Å²) in [4.78, 5) is 36.8. The smallest absolute Gasteiger partial charge is 0.247 e. The van der Waals surface area contributed by atoms with Gasteiger partial charge in [-0.15, -0.1) is 0 Å². The summed E-state index contributed by atoms with van der Waals surface area (Å²) in [6.07, 6.45) is 13.2. The number of piperidine rings is 1. The summed E-state index contributed by atoms with van der Waals surface area (Å²) in [5.41, 5.74) is 9.28. The number of nitrogen functional groups attached to an aromatic ring is 1. The van der Waals surface area contributed by atoms with E-state index >= 15 is 0 Å². The highest BCUT2D eigenvalue weighted by atomic mass is 16.5. The van der Waals surface area contributed by atoms with Gasteiger partial charge in [-0.3, -0.25) is 9.59 Å². The van der Waals surface area contributed by atoms with Gasteiger partial charge in [0, 0.05) is 38.2 Å². The number of carbonyl (C=O) groups is 2. The largest absolute Gasteiger partial charge is 0.455 e. The van der Waals surface area contributed by atoms with E-state index in [0.29, 0.717) is 52.7 Å². The molecule has 4 bridgehead atoms. The topological polar surface area (TPSA) is 140 Å². The predicted octanol–water partition coefficient (Wildman–Crippen LogP) is 6.35. The van der Waals surface area contributed by atoms with Crippen LogP contribution < -0.4 is 21.1 Å². The van der Waals surface area contributed by atoms with Crippen molar-refractivity contribution < 1.29 is 14.3 Å². The minimum atomic E-state index is -0.354. The first-order chi connectivity index (χ1) is 24.3. The highest BCUT2D eigenvalue weighted by Crippen LogP contribution is 2.61. The van der Waals surface area contributed by atoms with Crippen molar-refractivity contribution in [2.24, 2.45) is 23.2 Å². The summed E-state index contributed by atoms with van der Waals surface area (Å²) in [5, 5.41) is 11.9. The van der Waals surface area contributed by atoms with Crippen LogP contribution in [-0.2, 0) is 9.59 Å². The van der Waals surface area contributed by atoms with Crippen LogP contribution in [0.25, 0.3) is 22.3 Å². The van der Waals surface area contributed by atoms with Gasteiger partial charge in [-0.25, -0.2) is 14.6 Å². The molecule has 1 aliphatic heterocycles. The van der Waals surface area contributed by atoms with Crippen molar-refractivity contribution in [1.29, 1.82) is 0 Å². The van der Waals surface area contributed by atoms with Crippen LogP contribution in [0.3, 0.4) is 0 Å². The van der Waals surface area contributed by atoms with E-state index in [4.69, 9.17) is 15.6 Å². The van der Waals surface area contributed by atoms with E-state index in [1.165, 1.54) is 50.9 Å². The second-order valence-electron chi connectivity index (χ2n) is 15.1. The number of fused-ring (bicyclic) bond motifs is 1. The summed E-state index contributed by atoms with van der Waals surface area (Å²) in [7, 11) is 0. The fourth-order valence-electron chi connectivity index (χ4n) is 9.77. The van der Waals surface area contributed by atoms with Crippen molar-refractivity contribution >= 4 is 34.4 Å². The predicted molar refractivity (Wildman–Crippen MR) is 193 cm³/mol. The molecular weight excluding hydrogens is 628 g/mol. The molecule has 0 unspecified atom stereocenters. The minimum absolute atomic E-state index is 0.128. The Labute approximate surface area is 292 Å². The van der Waals surface area contributed by atoms with E-state index < -0.39 is 0 Å². The first kappa shape index (κ1) is 32.4. The molecule has 2 aromatic carbocycles. The molecule has 50 heavy (non-hydrogen) atoms. The zero-order valence-corrected chi connectivity index (χ0v) is 28.5. The second kappa shape index (κ2) is 13.5. The zero-order valence-electron chi connectivity index (χ0n) is 28.5. The lowest BCUT2D eigenvalue weighted by Gasteiger charge is -2.56. The van der Waals surface area contributed by atoms with E-state index in [1.54, 1.807) is 0 Å². The molecular formula is C39H46N8O3. The molecule has 0 radical (unpaired) electrons. The van der Waals surface area contributed by atoms with Gasteiger partial charge in [0.1, 0.15) is 23.6 Å². The van der Waals surface area contributed by atoms with Crippen molar-refractivity contribution in [3.8, 4) is 22.8 Å². The molecule has 0 spiro atoms. The lowest BCUT2D eigenvalue weighted by atomic mass is 9.49. The van der Waals surface area contributed by atoms with Crippen LogP contribution in [0.1, 0.15) is 63.8 Å². The Morgan fingerprint density at radius 2 is 1.72 bits per heavy atom. The number of likely N-dealkylation sites (tertiary alicyclic amines) is 1. The number of nitrogens with two attached hydrogens (primary N) is 1. The molecule has 2 aromatic heterocycles. The Hall–Kier alpha value is -4.77. The average molecular weight is 675 g/mol. The van der Waals surface area contributed by atoms with E-state index in [-0.39, 0.29) is 23.3 Å². The van der Waals surface area contributed by atoms with Crippen LogP contribution >= 0.6 is 0 Å². The molecule has 0 atom stereocenters. The summed E-state index contributed by atoms with van der Waals surface area (Å²) in [6, 6.07) is 15.1. The molecule has 260 valence electrons. The number of benzene rings is 2. The minimum Gasteiger partial charge on any atom is -0.455 e. The first-order valence-corrected chi connectivity index (χ1v) is 18.1. The molecule has 2 amide bonds. The van der Waals surface area contributed by atoms with E-state index in [0.717, 1.165) is 55.8 Å². The Balaban J connectivity index is 0.936. The molecule has 5 fully saturated rings. The lowest BCUT2D eigenvalue weighted by Crippen LogP contribution is -2.48. The summed E-state index contributed by atoms with van der Waals surface area (Å²) in [5.74, 6) is 3.96. The SMILES string of the molecule is C=CC(=O)Nc1cc(-c2nn(C3CCN(CCNC(=O)CC45CC6CC(CC(C6)C4)C5)CC3)c3ncnc(N)c23)ccc1Oc1ccccc1. The Morgan fingerprint density at radius 1 is 1.00 bits per heavy atom. The number of para-hydroxylation sites is 1. The van der Waals surface area contributed by atoms with Crippen molar-refractivity contribution in [3.63, 3.8) is 0 Å². The number of amides is 2. The van der Waals surface area contributed by atoms with Gasteiger partial charge < -0.3 is 26.0 Å². The number of nitrogens with zero attached hydrogens (tertiary/aromatic N) is 5. The Kier molecular flexibility index (Phi) is 8.76. The maximum Gasteiger partial charge on any atom is 0.247 e. The lowest BCUT2D eigenvalue weighted by molar-refractivity contribution is -0.129. The normalized spacial score (nSPS) is 24.7. The maximum absolute atomic E-state index is 13.1. The van der Waals surface area contributed by atoms with Crippen LogP contribution in [0.5, 0.6) is 11.5 Å². The third-order valence-electron chi connectivity index (χ3n) is 11.5. The van der Waals surface area contributed by atoms with Crippen molar-refractivity contribution in [1.82, 2.24) is 30.0 Å². The highest BCUT2D eigenvalue weighted by molar-refractivity contribution is 6.02. The quantitative estimate of drug-likeness (QED) is 0.156. The molecule has 3 heterocycles. The number of aromatic nitrogens is 4. The standard InChI is InChI=1S/C39H46N8O3/c1-2-33(48)44-31-19-28(8-9-32(31)50-30-6-4-3-5-7-30)36-35-37(40)42-24-43-38(35)47(45-36)29-10-13-46(14-11-29)15-12-41-34(49)23-39-20-25-16-26(21-39)18-27(17-25)22-39/h2-9,19,24-27,29H,1,10-18,20-23H2,(H,41,49)(H,44,48)(H2,40,42,43). The van der Waals surface area contributed by atoms with Gasteiger partial charge in [0.05, 0.1) is 17.1 Å². The second-order valence-corrected chi connectivity index (χ2v) is 15.1.